The van der Waals surface area contributed by atoms with Crippen LogP contribution in [0.1, 0.15) is 26.3 Å². The van der Waals surface area contributed by atoms with Crippen LogP contribution in [0.15, 0.2) is 28.1 Å². The summed E-state index contributed by atoms with van der Waals surface area (Å²) >= 11 is 5.34. The standard InChI is InChI=1S/C12H13BrS/c1-12(2,3)9-5-4-6-10-8(9)7-11(13)14-10/h4-7H,1-3H3. The molecule has 1 heterocycles. The van der Waals surface area contributed by atoms with E-state index in [0.717, 1.165) is 0 Å². The van der Waals surface area contributed by atoms with Gasteiger partial charge in [0.25, 0.3) is 0 Å². The molecule has 0 radical (unpaired) electrons. The second-order valence-electron chi connectivity index (χ2n) is 4.52. The van der Waals surface area contributed by atoms with E-state index in [2.05, 4.69) is 61.0 Å². The van der Waals surface area contributed by atoms with Crippen LogP contribution in [0, 0.1) is 0 Å². The first-order valence-electron chi connectivity index (χ1n) is 4.67. The average Bonchev–Trinajstić information content (AvgIpc) is 2.41. The average molecular weight is 269 g/mol. The van der Waals surface area contributed by atoms with Gasteiger partial charge in [0.2, 0.25) is 0 Å². The molecule has 0 amide bonds. The van der Waals surface area contributed by atoms with Crippen LogP contribution in [0.2, 0.25) is 0 Å². The summed E-state index contributed by atoms with van der Waals surface area (Å²) in [6.45, 7) is 6.77. The number of rotatable bonds is 0. The number of thiophene rings is 1. The topological polar surface area (TPSA) is 0 Å². The van der Waals surface area contributed by atoms with E-state index in [1.165, 1.54) is 19.4 Å². The fourth-order valence-electron chi connectivity index (χ4n) is 1.68. The van der Waals surface area contributed by atoms with Crippen LogP contribution in [-0.4, -0.2) is 0 Å². The second-order valence-corrected chi connectivity index (χ2v) is 6.98. The monoisotopic (exact) mass is 268 g/mol. The van der Waals surface area contributed by atoms with Gasteiger partial charge in [0.15, 0.2) is 0 Å². The molecule has 0 aliphatic carbocycles. The quantitative estimate of drug-likeness (QED) is 0.634. The van der Waals surface area contributed by atoms with Gasteiger partial charge in [0.05, 0.1) is 3.79 Å². The second kappa shape index (κ2) is 3.35. The lowest BCUT2D eigenvalue weighted by Gasteiger charge is -2.19. The Morgan fingerprint density at radius 2 is 1.93 bits per heavy atom. The minimum absolute atomic E-state index is 0.222. The summed E-state index contributed by atoms with van der Waals surface area (Å²) in [6.07, 6.45) is 0. The number of fused-ring (bicyclic) bond motifs is 1. The van der Waals surface area contributed by atoms with Crippen LogP contribution in [0.3, 0.4) is 0 Å². The van der Waals surface area contributed by atoms with Crippen LogP contribution in [0.25, 0.3) is 10.1 Å². The van der Waals surface area contributed by atoms with E-state index in [1.807, 2.05) is 0 Å². The highest BCUT2D eigenvalue weighted by molar-refractivity contribution is 9.11. The Labute approximate surface area is 97.1 Å². The highest BCUT2D eigenvalue weighted by Crippen LogP contribution is 2.36. The zero-order valence-corrected chi connectivity index (χ0v) is 11.0. The van der Waals surface area contributed by atoms with Gasteiger partial charge in [-0.3, -0.25) is 0 Å². The molecule has 0 N–H and O–H groups in total. The van der Waals surface area contributed by atoms with E-state index in [1.54, 1.807) is 11.3 Å². The molecular formula is C12H13BrS. The Morgan fingerprint density at radius 1 is 1.21 bits per heavy atom. The smallest absolute Gasteiger partial charge is 0.0711 e. The van der Waals surface area contributed by atoms with Crippen molar-refractivity contribution in [3.8, 4) is 0 Å². The van der Waals surface area contributed by atoms with Crippen LogP contribution >= 0.6 is 27.3 Å². The fraction of sp³-hybridized carbons (Fsp3) is 0.333. The molecule has 0 saturated heterocycles. The molecule has 0 spiro atoms. The first-order chi connectivity index (χ1) is 6.48. The molecule has 2 aromatic rings. The molecule has 0 aliphatic heterocycles. The zero-order chi connectivity index (χ0) is 10.3. The summed E-state index contributed by atoms with van der Waals surface area (Å²) in [5.41, 5.74) is 1.65. The van der Waals surface area contributed by atoms with Gasteiger partial charge in [0, 0.05) is 4.70 Å². The summed E-state index contributed by atoms with van der Waals surface area (Å²) in [5, 5.41) is 1.39. The summed E-state index contributed by atoms with van der Waals surface area (Å²) in [6, 6.07) is 8.77. The first-order valence-corrected chi connectivity index (χ1v) is 6.28. The van der Waals surface area contributed by atoms with E-state index in [4.69, 9.17) is 0 Å². The predicted octanol–water partition coefficient (Wildman–Crippen LogP) is 4.96. The molecular weight excluding hydrogens is 256 g/mol. The molecule has 0 nitrogen and oxygen atoms in total. The number of hydrogen-bond acceptors (Lipinski definition) is 1. The third kappa shape index (κ3) is 1.73. The van der Waals surface area contributed by atoms with E-state index in [9.17, 15) is 0 Å². The minimum atomic E-state index is 0.222. The number of hydrogen-bond donors (Lipinski definition) is 0. The molecule has 0 saturated carbocycles. The molecule has 0 atom stereocenters. The van der Waals surface area contributed by atoms with Crippen molar-refractivity contribution < 1.29 is 0 Å². The summed E-state index contributed by atoms with van der Waals surface area (Å²) in [4.78, 5) is 0. The Morgan fingerprint density at radius 3 is 2.57 bits per heavy atom. The van der Waals surface area contributed by atoms with E-state index >= 15 is 0 Å². The minimum Gasteiger partial charge on any atom is -0.128 e. The van der Waals surface area contributed by atoms with E-state index in [0.29, 0.717) is 0 Å². The van der Waals surface area contributed by atoms with Crippen molar-refractivity contribution in [2.24, 2.45) is 0 Å². The van der Waals surface area contributed by atoms with Crippen molar-refractivity contribution in [1.29, 1.82) is 0 Å². The summed E-state index contributed by atoms with van der Waals surface area (Å²) < 4.78 is 2.58. The molecule has 0 bridgehead atoms. The lowest BCUT2D eigenvalue weighted by Crippen LogP contribution is -2.10. The lowest BCUT2D eigenvalue weighted by molar-refractivity contribution is 0.596. The lowest BCUT2D eigenvalue weighted by atomic mass is 9.85. The van der Waals surface area contributed by atoms with Crippen LogP contribution in [-0.2, 0) is 5.41 Å². The fourth-order valence-corrected chi connectivity index (χ4v) is 3.25. The molecule has 14 heavy (non-hydrogen) atoms. The van der Waals surface area contributed by atoms with E-state index < -0.39 is 0 Å². The van der Waals surface area contributed by atoms with Gasteiger partial charge in [-0.2, -0.15) is 0 Å². The van der Waals surface area contributed by atoms with Gasteiger partial charge in [-0.1, -0.05) is 32.9 Å². The highest BCUT2D eigenvalue weighted by Gasteiger charge is 2.17. The number of benzene rings is 1. The van der Waals surface area contributed by atoms with Crippen molar-refractivity contribution in [3.63, 3.8) is 0 Å². The Hall–Kier alpha value is -0.340. The third-order valence-corrected chi connectivity index (χ3v) is 3.94. The molecule has 0 aliphatic rings. The maximum Gasteiger partial charge on any atom is 0.0711 e. The van der Waals surface area contributed by atoms with E-state index in [-0.39, 0.29) is 5.41 Å². The molecule has 2 rings (SSSR count). The van der Waals surface area contributed by atoms with Gasteiger partial charge >= 0.3 is 0 Å². The first kappa shape index (κ1) is 10.2. The van der Waals surface area contributed by atoms with Gasteiger partial charge in [-0.25, -0.2) is 0 Å². The maximum atomic E-state index is 3.54. The van der Waals surface area contributed by atoms with Gasteiger partial charge in [-0.15, -0.1) is 11.3 Å². The molecule has 74 valence electrons. The molecule has 1 aromatic heterocycles. The van der Waals surface area contributed by atoms with Crippen LogP contribution < -0.4 is 0 Å². The van der Waals surface area contributed by atoms with Crippen LogP contribution in [0.4, 0.5) is 0 Å². The maximum absolute atomic E-state index is 3.54. The Kier molecular flexibility index (Phi) is 2.44. The summed E-state index contributed by atoms with van der Waals surface area (Å²) in [5.74, 6) is 0. The van der Waals surface area contributed by atoms with Crippen molar-refractivity contribution in [1.82, 2.24) is 0 Å². The molecule has 0 fully saturated rings. The van der Waals surface area contributed by atoms with Crippen molar-refractivity contribution in [2.75, 3.05) is 0 Å². The summed E-state index contributed by atoms with van der Waals surface area (Å²) in [7, 11) is 0. The largest absolute Gasteiger partial charge is 0.128 e. The van der Waals surface area contributed by atoms with Gasteiger partial charge in [0.1, 0.15) is 0 Å². The molecule has 2 heteroatoms. The Balaban J connectivity index is 2.77. The van der Waals surface area contributed by atoms with Crippen molar-refractivity contribution >= 4 is 37.4 Å². The molecule has 0 unspecified atom stereocenters. The number of halogens is 1. The zero-order valence-electron chi connectivity index (χ0n) is 8.60. The van der Waals surface area contributed by atoms with Gasteiger partial charge < -0.3 is 0 Å². The van der Waals surface area contributed by atoms with Crippen LogP contribution in [0.5, 0.6) is 0 Å². The van der Waals surface area contributed by atoms with Gasteiger partial charge in [-0.05, 0) is 44.4 Å². The third-order valence-electron chi connectivity index (χ3n) is 2.34. The Bertz CT molecular complexity index is 463. The molecule has 1 aromatic carbocycles. The van der Waals surface area contributed by atoms with Crippen molar-refractivity contribution in [2.45, 2.75) is 26.2 Å². The normalized spacial score (nSPS) is 12.3. The predicted molar refractivity (Wildman–Crippen MR) is 68.2 cm³/mol. The SMILES string of the molecule is CC(C)(C)c1cccc2sc(Br)cc12. The van der Waals surface area contributed by atoms with Crippen molar-refractivity contribution in [3.05, 3.63) is 33.6 Å². The highest BCUT2D eigenvalue weighted by atomic mass is 79.9.